The van der Waals surface area contributed by atoms with Crippen molar-refractivity contribution in [3.8, 4) is 5.75 Å². The molecule has 0 fully saturated rings. The summed E-state index contributed by atoms with van der Waals surface area (Å²) in [4.78, 5) is 21.0. The van der Waals surface area contributed by atoms with Gasteiger partial charge in [-0.25, -0.2) is 9.97 Å². The molecule has 1 aromatic heterocycles. The van der Waals surface area contributed by atoms with Crippen molar-refractivity contribution in [2.45, 2.75) is 13.8 Å². The summed E-state index contributed by atoms with van der Waals surface area (Å²) in [6, 6.07) is 16.3. The third kappa shape index (κ3) is 4.36. The number of benzene rings is 2. The van der Waals surface area contributed by atoms with Gasteiger partial charge in [-0.05, 0) is 68.4 Å². The zero-order valence-electron chi connectivity index (χ0n) is 14.9. The fraction of sp³-hybridized carbons (Fsp3) is 0.150. The van der Waals surface area contributed by atoms with E-state index < -0.39 is 0 Å². The second-order valence-corrected chi connectivity index (χ2v) is 5.86. The summed E-state index contributed by atoms with van der Waals surface area (Å²) in [5, 5.41) is 6.00. The molecule has 1 heterocycles. The van der Waals surface area contributed by atoms with E-state index in [2.05, 4.69) is 20.6 Å². The zero-order valence-corrected chi connectivity index (χ0v) is 14.9. The highest BCUT2D eigenvalue weighted by Gasteiger charge is 2.07. The molecule has 2 aromatic carbocycles. The summed E-state index contributed by atoms with van der Waals surface area (Å²) in [6.45, 7) is 3.85. The van der Waals surface area contributed by atoms with Crippen LogP contribution in [0.4, 0.5) is 17.3 Å². The highest BCUT2D eigenvalue weighted by Crippen LogP contribution is 2.18. The third-order valence-corrected chi connectivity index (χ3v) is 3.73. The maximum absolute atomic E-state index is 12.3. The summed E-state index contributed by atoms with van der Waals surface area (Å²) in [7, 11) is 1.60. The van der Waals surface area contributed by atoms with Crippen LogP contribution in [0.25, 0.3) is 0 Å². The van der Waals surface area contributed by atoms with Crippen LogP contribution in [0.1, 0.15) is 21.7 Å². The maximum Gasteiger partial charge on any atom is 0.255 e. The molecule has 6 heteroatoms. The summed E-state index contributed by atoms with van der Waals surface area (Å²) < 4.78 is 5.11. The molecule has 0 radical (unpaired) electrons. The lowest BCUT2D eigenvalue weighted by molar-refractivity contribution is 0.102. The minimum Gasteiger partial charge on any atom is -0.497 e. The molecule has 0 spiro atoms. The van der Waals surface area contributed by atoms with Gasteiger partial charge in [0.1, 0.15) is 5.75 Å². The molecule has 0 aliphatic heterocycles. The molecule has 6 nitrogen and oxygen atoms in total. The van der Waals surface area contributed by atoms with Crippen LogP contribution >= 0.6 is 0 Å². The topological polar surface area (TPSA) is 76.1 Å². The van der Waals surface area contributed by atoms with E-state index in [1.807, 2.05) is 32.0 Å². The Hall–Kier alpha value is -3.41. The van der Waals surface area contributed by atoms with Gasteiger partial charge in [0.15, 0.2) is 0 Å². The van der Waals surface area contributed by atoms with Gasteiger partial charge in [-0.2, -0.15) is 0 Å². The largest absolute Gasteiger partial charge is 0.497 e. The molecular weight excluding hydrogens is 328 g/mol. The zero-order chi connectivity index (χ0) is 18.5. The predicted octanol–water partition coefficient (Wildman–Crippen LogP) is 4.10. The van der Waals surface area contributed by atoms with E-state index >= 15 is 0 Å². The minimum atomic E-state index is -0.177. The number of nitrogens with zero attached hydrogens (tertiary/aromatic N) is 2. The minimum absolute atomic E-state index is 0.177. The van der Waals surface area contributed by atoms with E-state index in [1.54, 1.807) is 43.5 Å². The van der Waals surface area contributed by atoms with E-state index in [-0.39, 0.29) is 5.91 Å². The van der Waals surface area contributed by atoms with Crippen LogP contribution < -0.4 is 15.4 Å². The number of hydrogen-bond acceptors (Lipinski definition) is 5. The second kappa shape index (κ2) is 7.65. The number of anilines is 3. The van der Waals surface area contributed by atoms with Crippen molar-refractivity contribution in [1.29, 1.82) is 0 Å². The Morgan fingerprint density at radius 2 is 1.46 bits per heavy atom. The lowest BCUT2D eigenvalue weighted by Crippen LogP contribution is -2.11. The van der Waals surface area contributed by atoms with Crippen molar-refractivity contribution in [3.63, 3.8) is 0 Å². The van der Waals surface area contributed by atoms with Crippen molar-refractivity contribution < 1.29 is 9.53 Å². The van der Waals surface area contributed by atoms with Gasteiger partial charge in [0.2, 0.25) is 5.95 Å². The van der Waals surface area contributed by atoms with E-state index in [1.165, 1.54) is 0 Å². The number of amides is 1. The number of aryl methyl sites for hydroxylation is 2. The molecule has 2 N–H and O–H groups in total. The van der Waals surface area contributed by atoms with Crippen LogP contribution in [0, 0.1) is 13.8 Å². The standard InChI is InChI=1S/C20H20N4O2/c1-13-12-14(2)22-20(21-13)24-17-6-4-15(5-7-17)19(25)23-16-8-10-18(26-3)11-9-16/h4-12H,1-3H3,(H,23,25)(H,21,22,24). The van der Waals surface area contributed by atoms with Gasteiger partial charge in [0, 0.05) is 28.3 Å². The second-order valence-electron chi connectivity index (χ2n) is 5.86. The Labute approximate surface area is 152 Å². The van der Waals surface area contributed by atoms with Crippen LogP contribution in [0.15, 0.2) is 54.6 Å². The molecule has 0 aliphatic carbocycles. The van der Waals surface area contributed by atoms with Gasteiger partial charge in [-0.3, -0.25) is 4.79 Å². The summed E-state index contributed by atoms with van der Waals surface area (Å²) >= 11 is 0. The molecule has 3 aromatic rings. The Morgan fingerprint density at radius 1 is 0.885 bits per heavy atom. The lowest BCUT2D eigenvalue weighted by Gasteiger charge is -2.09. The Kier molecular flexibility index (Phi) is 5.12. The molecule has 0 atom stereocenters. The number of hydrogen-bond donors (Lipinski definition) is 2. The van der Waals surface area contributed by atoms with Gasteiger partial charge in [0.05, 0.1) is 7.11 Å². The van der Waals surface area contributed by atoms with Gasteiger partial charge < -0.3 is 15.4 Å². The van der Waals surface area contributed by atoms with Crippen LogP contribution in [-0.4, -0.2) is 23.0 Å². The fourth-order valence-corrected chi connectivity index (χ4v) is 2.49. The summed E-state index contributed by atoms with van der Waals surface area (Å²) in [5.74, 6) is 1.11. The first-order chi connectivity index (χ1) is 12.5. The predicted molar refractivity (Wildman–Crippen MR) is 102 cm³/mol. The van der Waals surface area contributed by atoms with E-state index in [9.17, 15) is 4.79 Å². The van der Waals surface area contributed by atoms with Crippen molar-refractivity contribution in [2.24, 2.45) is 0 Å². The number of carbonyl (C=O) groups is 1. The molecule has 132 valence electrons. The quantitative estimate of drug-likeness (QED) is 0.726. The highest BCUT2D eigenvalue weighted by atomic mass is 16.5. The van der Waals surface area contributed by atoms with Gasteiger partial charge >= 0.3 is 0 Å². The van der Waals surface area contributed by atoms with Crippen molar-refractivity contribution in [3.05, 3.63) is 71.5 Å². The number of nitrogens with one attached hydrogen (secondary N) is 2. The molecule has 0 aliphatic rings. The van der Waals surface area contributed by atoms with Gasteiger partial charge in [-0.15, -0.1) is 0 Å². The molecule has 0 saturated heterocycles. The van der Waals surface area contributed by atoms with E-state index in [0.29, 0.717) is 17.2 Å². The van der Waals surface area contributed by atoms with Crippen molar-refractivity contribution >= 4 is 23.2 Å². The first kappa shape index (κ1) is 17.4. The molecule has 3 rings (SSSR count). The molecule has 0 unspecified atom stereocenters. The highest BCUT2D eigenvalue weighted by molar-refractivity contribution is 6.04. The smallest absolute Gasteiger partial charge is 0.255 e. The lowest BCUT2D eigenvalue weighted by atomic mass is 10.2. The molecule has 0 bridgehead atoms. The Morgan fingerprint density at radius 3 is 2.04 bits per heavy atom. The molecular formula is C20H20N4O2. The number of carbonyl (C=O) groups excluding carboxylic acids is 1. The van der Waals surface area contributed by atoms with Crippen LogP contribution in [-0.2, 0) is 0 Å². The Balaban J connectivity index is 1.67. The maximum atomic E-state index is 12.3. The number of methoxy groups -OCH3 is 1. The third-order valence-electron chi connectivity index (χ3n) is 3.73. The first-order valence-electron chi connectivity index (χ1n) is 8.18. The fourth-order valence-electron chi connectivity index (χ4n) is 2.49. The van der Waals surface area contributed by atoms with Gasteiger partial charge in [0.25, 0.3) is 5.91 Å². The molecule has 1 amide bonds. The summed E-state index contributed by atoms with van der Waals surface area (Å²) in [5.41, 5.74) is 3.89. The monoisotopic (exact) mass is 348 g/mol. The van der Waals surface area contributed by atoms with Crippen molar-refractivity contribution in [1.82, 2.24) is 9.97 Å². The average molecular weight is 348 g/mol. The first-order valence-corrected chi connectivity index (χ1v) is 8.18. The van der Waals surface area contributed by atoms with Crippen LogP contribution in [0.2, 0.25) is 0 Å². The number of aromatic nitrogens is 2. The number of rotatable bonds is 5. The SMILES string of the molecule is COc1ccc(NC(=O)c2ccc(Nc3nc(C)cc(C)n3)cc2)cc1. The number of ether oxygens (including phenoxy) is 1. The Bertz CT molecular complexity index is 886. The van der Waals surface area contributed by atoms with E-state index in [4.69, 9.17) is 4.74 Å². The van der Waals surface area contributed by atoms with Crippen LogP contribution in [0.3, 0.4) is 0 Å². The molecule has 0 saturated carbocycles. The average Bonchev–Trinajstić information content (AvgIpc) is 2.62. The van der Waals surface area contributed by atoms with Gasteiger partial charge in [-0.1, -0.05) is 0 Å². The normalized spacial score (nSPS) is 10.3. The van der Waals surface area contributed by atoms with E-state index in [0.717, 1.165) is 22.8 Å². The van der Waals surface area contributed by atoms with Crippen molar-refractivity contribution in [2.75, 3.05) is 17.7 Å². The summed E-state index contributed by atoms with van der Waals surface area (Å²) in [6.07, 6.45) is 0. The molecule has 26 heavy (non-hydrogen) atoms. The van der Waals surface area contributed by atoms with Crippen LogP contribution in [0.5, 0.6) is 5.75 Å².